The van der Waals surface area contributed by atoms with E-state index in [-0.39, 0.29) is 11.7 Å². The van der Waals surface area contributed by atoms with E-state index >= 15 is 0 Å². The van der Waals surface area contributed by atoms with Gasteiger partial charge in [-0.05, 0) is 49.8 Å². The largest absolute Gasteiger partial charge is 0.573 e. The second kappa shape index (κ2) is 7.00. The molecule has 1 aromatic rings. The number of alkyl halides is 3. The molecule has 1 aromatic carbocycles. The predicted octanol–water partition coefficient (Wildman–Crippen LogP) is 3.35. The molecule has 1 rings (SSSR count). The first-order valence-corrected chi connectivity index (χ1v) is 6.86. The van der Waals surface area contributed by atoms with Gasteiger partial charge in [-0.15, -0.1) is 13.2 Å². The summed E-state index contributed by atoms with van der Waals surface area (Å²) in [7, 11) is 0. The van der Waals surface area contributed by atoms with E-state index in [4.69, 9.17) is 10.8 Å². The Kier molecular flexibility index (Phi) is 5.82. The number of aryl methyl sites for hydroxylation is 1. The number of hydrogen-bond acceptors (Lipinski definition) is 3. The lowest BCUT2D eigenvalue weighted by Crippen LogP contribution is -2.46. The second-order valence-electron chi connectivity index (χ2n) is 5.76. The van der Waals surface area contributed by atoms with Crippen LogP contribution >= 0.6 is 0 Å². The second-order valence-corrected chi connectivity index (χ2v) is 5.76. The van der Waals surface area contributed by atoms with Gasteiger partial charge in [0, 0.05) is 0 Å². The first-order chi connectivity index (χ1) is 9.99. The number of carboxylic acid groups (broad SMARTS) is 1. The van der Waals surface area contributed by atoms with Crippen molar-refractivity contribution in [2.75, 3.05) is 0 Å². The first kappa shape index (κ1) is 18.3. The average molecular weight is 319 g/mol. The van der Waals surface area contributed by atoms with E-state index in [1.165, 1.54) is 19.1 Å². The highest BCUT2D eigenvalue weighted by Gasteiger charge is 2.31. The standard InChI is InChI=1S/C15H20F3NO3/c1-10(9-14(2,19)13(20)21)3-4-11-5-7-12(8-6-11)22-15(16,17)18/h5-8,10H,3-4,9,19H2,1-2H3,(H,20,21). The highest BCUT2D eigenvalue weighted by molar-refractivity contribution is 5.77. The molecule has 0 aliphatic rings. The number of halogens is 3. The van der Waals surface area contributed by atoms with Crippen molar-refractivity contribution in [3.63, 3.8) is 0 Å². The van der Waals surface area contributed by atoms with Gasteiger partial charge in [-0.25, -0.2) is 0 Å². The highest BCUT2D eigenvalue weighted by Crippen LogP contribution is 2.24. The van der Waals surface area contributed by atoms with Crippen molar-refractivity contribution >= 4 is 5.97 Å². The van der Waals surface area contributed by atoms with Crippen LogP contribution in [-0.4, -0.2) is 23.0 Å². The Hall–Kier alpha value is -1.76. The maximum absolute atomic E-state index is 12.0. The van der Waals surface area contributed by atoms with Gasteiger partial charge in [-0.3, -0.25) is 4.79 Å². The van der Waals surface area contributed by atoms with Crippen LogP contribution in [0.15, 0.2) is 24.3 Å². The van der Waals surface area contributed by atoms with Crippen LogP contribution in [0.1, 0.15) is 32.3 Å². The highest BCUT2D eigenvalue weighted by atomic mass is 19.4. The van der Waals surface area contributed by atoms with Crippen LogP contribution < -0.4 is 10.5 Å². The van der Waals surface area contributed by atoms with Crippen molar-refractivity contribution in [3.8, 4) is 5.75 Å². The van der Waals surface area contributed by atoms with Gasteiger partial charge >= 0.3 is 12.3 Å². The Balaban J connectivity index is 2.50. The Morgan fingerprint density at radius 3 is 2.32 bits per heavy atom. The molecule has 0 aliphatic heterocycles. The third kappa shape index (κ3) is 6.34. The molecule has 0 saturated carbocycles. The minimum Gasteiger partial charge on any atom is -0.480 e. The average Bonchev–Trinajstić information content (AvgIpc) is 2.35. The molecule has 7 heteroatoms. The number of rotatable bonds is 7. The molecule has 2 unspecified atom stereocenters. The predicted molar refractivity (Wildman–Crippen MR) is 75.5 cm³/mol. The summed E-state index contributed by atoms with van der Waals surface area (Å²) >= 11 is 0. The molecule has 0 bridgehead atoms. The molecule has 0 heterocycles. The number of hydrogen-bond donors (Lipinski definition) is 2. The van der Waals surface area contributed by atoms with Gasteiger partial charge in [0.2, 0.25) is 0 Å². The molecule has 3 N–H and O–H groups in total. The van der Waals surface area contributed by atoms with Gasteiger partial charge < -0.3 is 15.6 Å². The molecule has 2 atom stereocenters. The van der Waals surface area contributed by atoms with Gasteiger partial charge in [0.05, 0.1) is 0 Å². The lowest BCUT2D eigenvalue weighted by Gasteiger charge is -2.23. The van der Waals surface area contributed by atoms with Gasteiger partial charge in [0.1, 0.15) is 11.3 Å². The van der Waals surface area contributed by atoms with Crippen LogP contribution in [0.5, 0.6) is 5.75 Å². The molecule has 0 radical (unpaired) electrons. The zero-order chi connectivity index (χ0) is 17.0. The summed E-state index contributed by atoms with van der Waals surface area (Å²) in [6.45, 7) is 3.37. The van der Waals surface area contributed by atoms with Crippen LogP contribution in [0.3, 0.4) is 0 Å². The van der Waals surface area contributed by atoms with E-state index in [2.05, 4.69) is 4.74 Å². The van der Waals surface area contributed by atoms with Crippen LogP contribution in [0.25, 0.3) is 0 Å². The molecule has 0 fully saturated rings. The quantitative estimate of drug-likeness (QED) is 0.808. The van der Waals surface area contributed by atoms with Crippen LogP contribution in [0, 0.1) is 5.92 Å². The maximum Gasteiger partial charge on any atom is 0.573 e. The maximum atomic E-state index is 12.0. The van der Waals surface area contributed by atoms with Crippen LogP contribution in [0.2, 0.25) is 0 Å². The number of nitrogens with two attached hydrogens (primary N) is 1. The molecule has 124 valence electrons. The summed E-state index contributed by atoms with van der Waals surface area (Å²) in [5.74, 6) is -1.23. The van der Waals surface area contributed by atoms with Gasteiger partial charge in [-0.2, -0.15) is 0 Å². The third-order valence-corrected chi connectivity index (χ3v) is 3.34. The molecule has 0 aliphatic carbocycles. The van der Waals surface area contributed by atoms with Crippen LogP contribution in [-0.2, 0) is 11.2 Å². The SMILES string of the molecule is CC(CCc1ccc(OC(F)(F)F)cc1)CC(C)(N)C(=O)O. The minimum absolute atomic E-state index is 0.0807. The Morgan fingerprint density at radius 2 is 1.86 bits per heavy atom. The van der Waals surface area contributed by atoms with Crippen molar-refractivity contribution in [1.29, 1.82) is 0 Å². The number of ether oxygens (including phenoxy) is 1. The Labute approximate surface area is 127 Å². The van der Waals surface area contributed by atoms with Crippen molar-refractivity contribution in [2.45, 2.75) is 45.0 Å². The topological polar surface area (TPSA) is 72.5 Å². The smallest absolute Gasteiger partial charge is 0.480 e. The van der Waals surface area contributed by atoms with Gasteiger partial charge in [-0.1, -0.05) is 19.1 Å². The van der Waals surface area contributed by atoms with Crippen molar-refractivity contribution < 1.29 is 27.8 Å². The zero-order valence-electron chi connectivity index (χ0n) is 12.5. The van der Waals surface area contributed by atoms with Crippen molar-refractivity contribution in [1.82, 2.24) is 0 Å². The Bertz CT molecular complexity index is 498. The van der Waals surface area contributed by atoms with E-state index in [1.807, 2.05) is 6.92 Å². The van der Waals surface area contributed by atoms with E-state index < -0.39 is 17.9 Å². The van der Waals surface area contributed by atoms with Gasteiger partial charge in [0.15, 0.2) is 0 Å². The summed E-state index contributed by atoms with van der Waals surface area (Å²) < 4.78 is 39.9. The number of carbonyl (C=O) groups is 1. The number of carboxylic acids is 1. The molecule has 0 spiro atoms. The lowest BCUT2D eigenvalue weighted by molar-refractivity contribution is -0.274. The minimum atomic E-state index is -4.70. The molecule has 4 nitrogen and oxygen atoms in total. The van der Waals surface area contributed by atoms with Gasteiger partial charge in [0.25, 0.3) is 0 Å². The lowest BCUT2D eigenvalue weighted by atomic mass is 9.87. The summed E-state index contributed by atoms with van der Waals surface area (Å²) in [5.41, 5.74) is 5.27. The molecular formula is C15H20F3NO3. The number of benzene rings is 1. The molecular weight excluding hydrogens is 299 g/mol. The van der Waals surface area contributed by atoms with Crippen molar-refractivity contribution in [3.05, 3.63) is 29.8 Å². The van der Waals surface area contributed by atoms with E-state index in [0.29, 0.717) is 19.3 Å². The summed E-state index contributed by atoms with van der Waals surface area (Å²) in [5, 5.41) is 8.97. The summed E-state index contributed by atoms with van der Waals surface area (Å²) in [6.07, 6.45) is -3.04. The fourth-order valence-corrected chi connectivity index (χ4v) is 2.18. The first-order valence-electron chi connectivity index (χ1n) is 6.86. The van der Waals surface area contributed by atoms with Crippen LogP contribution in [0.4, 0.5) is 13.2 Å². The summed E-state index contributed by atoms with van der Waals surface area (Å²) in [4.78, 5) is 11.0. The third-order valence-electron chi connectivity index (χ3n) is 3.34. The van der Waals surface area contributed by atoms with E-state index in [0.717, 1.165) is 5.56 Å². The van der Waals surface area contributed by atoms with E-state index in [9.17, 15) is 18.0 Å². The van der Waals surface area contributed by atoms with E-state index in [1.54, 1.807) is 12.1 Å². The normalized spacial score (nSPS) is 15.9. The Morgan fingerprint density at radius 1 is 1.32 bits per heavy atom. The molecule has 0 amide bonds. The molecule has 0 saturated heterocycles. The summed E-state index contributed by atoms with van der Waals surface area (Å²) in [6, 6.07) is 5.65. The van der Waals surface area contributed by atoms with Crippen molar-refractivity contribution in [2.24, 2.45) is 11.7 Å². The zero-order valence-corrected chi connectivity index (χ0v) is 12.5. The monoisotopic (exact) mass is 319 g/mol. The molecule has 0 aromatic heterocycles. The number of aliphatic carboxylic acids is 1. The fraction of sp³-hybridized carbons (Fsp3) is 0.533. The molecule has 22 heavy (non-hydrogen) atoms. The fourth-order valence-electron chi connectivity index (χ4n) is 2.18.